The average molecular weight is 322 g/mol. The number of hydrogen-bond acceptors (Lipinski definition) is 5. The molecular formula is C11H18N2O5S2. The molecule has 20 heavy (non-hydrogen) atoms. The molecule has 9 heteroatoms. The quantitative estimate of drug-likeness (QED) is 0.727. The lowest BCUT2D eigenvalue weighted by Gasteiger charge is -2.13. The summed E-state index contributed by atoms with van der Waals surface area (Å²) >= 11 is 0. The van der Waals surface area contributed by atoms with E-state index < -0.39 is 24.9 Å². The minimum atomic E-state index is -4.11. The van der Waals surface area contributed by atoms with Crippen LogP contribution in [0.5, 0.6) is 0 Å². The summed E-state index contributed by atoms with van der Waals surface area (Å²) in [6.07, 6.45) is 0. The first-order valence-electron chi connectivity index (χ1n) is 5.79. The maximum atomic E-state index is 12.1. The molecule has 1 atom stereocenters. The molecule has 0 fully saturated rings. The second-order valence-corrected chi connectivity index (χ2v) is 7.67. The average Bonchev–Trinajstić information content (AvgIpc) is 2.36. The van der Waals surface area contributed by atoms with Crippen molar-refractivity contribution >= 4 is 20.0 Å². The Balaban J connectivity index is 3.05. The fourth-order valence-electron chi connectivity index (χ4n) is 1.58. The summed E-state index contributed by atoms with van der Waals surface area (Å²) in [6.45, 7) is 2.33. The van der Waals surface area contributed by atoms with E-state index in [1.165, 1.54) is 25.3 Å². The molecule has 0 amide bonds. The van der Waals surface area contributed by atoms with Gasteiger partial charge >= 0.3 is 0 Å². The summed E-state index contributed by atoms with van der Waals surface area (Å²) < 4.78 is 54.3. The first kappa shape index (κ1) is 17.1. The summed E-state index contributed by atoms with van der Waals surface area (Å²) in [6, 6.07) is 5.19. The molecule has 114 valence electrons. The number of nitrogens with one attached hydrogen (secondary N) is 1. The zero-order valence-electron chi connectivity index (χ0n) is 11.2. The largest absolute Gasteiger partial charge is 0.384 e. The van der Waals surface area contributed by atoms with Crippen molar-refractivity contribution in [1.82, 2.24) is 4.72 Å². The van der Waals surface area contributed by atoms with Gasteiger partial charge in [0.25, 0.3) is 0 Å². The third-order valence-electron chi connectivity index (χ3n) is 2.52. The van der Waals surface area contributed by atoms with Gasteiger partial charge in [0.1, 0.15) is 9.79 Å². The van der Waals surface area contributed by atoms with Crippen molar-refractivity contribution in [2.45, 2.75) is 16.7 Å². The molecule has 0 spiro atoms. The highest BCUT2D eigenvalue weighted by molar-refractivity contribution is 7.92. The highest BCUT2D eigenvalue weighted by atomic mass is 32.2. The summed E-state index contributed by atoms with van der Waals surface area (Å²) in [5, 5.41) is 5.02. The van der Waals surface area contributed by atoms with E-state index in [1.807, 2.05) is 0 Å². The van der Waals surface area contributed by atoms with Gasteiger partial charge in [0.2, 0.25) is 20.0 Å². The van der Waals surface area contributed by atoms with Gasteiger partial charge in [-0.05, 0) is 18.1 Å². The van der Waals surface area contributed by atoms with Crippen LogP contribution in [0.1, 0.15) is 6.92 Å². The monoisotopic (exact) mass is 322 g/mol. The number of ether oxygens (including phenoxy) is 1. The summed E-state index contributed by atoms with van der Waals surface area (Å²) in [7, 11) is -6.55. The number of methoxy groups -OCH3 is 1. The molecule has 0 heterocycles. The van der Waals surface area contributed by atoms with Crippen LogP contribution in [-0.4, -0.2) is 37.1 Å². The van der Waals surface area contributed by atoms with Gasteiger partial charge in [-0.3, -0.25) is 0 Å². The molecule has 0 saturated carbocycles. The lowest BCUT2D eigenvalue weighted by atomic mass is 10.2. The summed E-state index contributed by atoms with van der Waals surface area (Å²) in [5.74, 6) is -0.0450. The highest BCUT2D eigenvalue weighted by Gasteiger charge is 2.23. The molecule has 0 aliphatic carbocycles. The van der Waals surface area contributed by atoms with Crippen molar-refractivity contribution in [2.24, 2.45) is 11.1 Å². The fraction of sp³-hybridized carbons (Fsp3) is 0.455. The van der Waals surface area contributed by atoms with E-state index in [0.29, 0.717) is 6.61 Å². The molecule has 0 aliphatic heterocycles. The first-order chi connectivity index (χ1) is 9.18. The summed E-state index contributed by atoms with van der Waals surface area (Å²) in [5.41, 5.74) is 0. The van der Waals surface area contributed by atoms with Crippen LogP contribution in [0.4, 0.5) is 0 Å². The molecule has 1 aromatic rings. The van der Waals surface area contributed by atoms with E-state index in [4.69, 9.17) is 9.88 Å². The van der Waals surface area contributed by atoms with Gasteiger partial charge < -0.3 is 4.74 Å². The van der Waals surface area contributed by atoms with Gasteiger partial charge in [-0.15, -0.1) is 0 Å². The van der Waals surface area contributed by atoms with Gasteiger partial charge in [-0.2, -0.15) is 0 Å². The normalized spacial score (nSPS) is 14.2. The Kier molecular flexibility index (Phi) is 5.66. The van der Waals surface area contributed by atoms with Crippen LogP contribution >= 0.6 is 0 Å². The van der Waals surface area contributed by atoms with E-state index >= 15 is 0 Å². The smallest absolute Gasteiger partial charge is 0.241 e. The molecule has 0 aromatic heterocycles. The maximum absolute atomic E-state index is 12.1. The van der Waals surface area contributed by atoms with Gasteiger partial charge in [-0.1, -0.05) is 19.1 Å². The number of rotatable bonds is 7. The lowest BCUT2D eigenvalue weighted by Crippen LogP contribution is -2.31. The molecule has 0 radical (unpaired) electrons. The van der Waals surface area contributed by atoms with Crippen LogP contribution < -0.4 is 9.86 Å². The number of primary sulfonamides is 1. The van der Waals surface area contributed by atoms with Crippen LogP contribution in [-0.2, 0) is 24.8 Å². The van der Waals surface area contributed by atoms with E-state index in [1.54, 1.807) is 6.92 Å². The minimum absolute atomic E-state index is 0.0450. The molecule has 7 nitrogen and oxygen atoms in total. The summed E-state index contributed by atoms with van der Waals surface area (Å²) in [4.78, 5) is -0.779. The van der Waals surface area contributed by atoms with E-state index in [9.17, 15) is 16.8 Å². The number of benzene rings is 1. The minimum Gasteiger partial charge on any atom is -0.384 e. The topological polar surface area (TPSA) is 116 Å². The van der Waals surface area contributed by atoms with Gasteiger partial charge in [-0.25, -0.2) is 26.7 Å². The second kappa shape index (κ2) is 6.64. The lowest BCUT2D eigenvalue weighted by molar-refractivity contribution is 0.161. The van der Waals surface area contributed by atoms with Crippen molar-refractivity contribution in [3.05, 3.63) is 24.3 Å². The van der Waals surface area contributed by atoms with Crippen LogP contribution in [0, 0.1) is 5.92 Å². The Morgan fingerprint density at radius 2 is 1.75 bits per heavy atom. The number of sulfonamides is 2. The zero-order valence-corrected chi connectivity index (χ0v) is 12.9. The van der Waals surface area contributed by atoms with Gasteiger partial charge in [0.15, 0.2) is 0 Å². The van der Waals surface area contributed by atoms with Crippen molar-refractivity contribution < 1.29 is 21.6 Å². The Morgan fingerprint density at radius 3 is 2.25 bits per heavy atom. The molecule has 1 aromatic carbocycles. The molecule has 0 saturated heterocycles. The van der Waals surface area contributed by atoms with Crippen LogP contribution in [0.3, 0.4) is 0 Å². The number of nitrogens with two attached hydrogens (primary N) is 1. The van der Waals surface area contributed by atoms with Gasteiger partial charge in [0, 0.05) is 20.3 Å². The van der Waals surface area contributed by atoms with Crippen LogP contribution in [0.2, 0.25) is 0 Å². The zero-order chi connectivity index (χ0) is 15.4. The Morgan fingerprint density at radius 1 is 1.20 bits per heavy atom. The maximum Gasteiger partial charge on any atom is 0.241 e. The van der Waals surface area contributed by atoms with Crippen LogP contribution in [0.25, 0.3) is 0 Å². The first-order valence-corrected chi connectivity index (χ1v) is 8.82. The van der Waals surface area contributed by atoms with Gasteiger partial charge in [0.05, 0.1) is 0 Å². The third kappa shape index (κ3) is 4.53. The van der Waals surface area contributed by atoms with Crippen molar-refractivity contribution in [3.63, 3.8) is 0 Å². The van der Waals surface area contributed by atoms with E-state index in [0.717, 1.165) is 6.07 Å². The molecule has 3 N–H and O–H groups in total. The fourth-order valence-corrected chi connectivity index (χ4v) is 4.12. The standard InChI is InChI=1S/C11H18N2O5S2/c1-9(8-18-2)7-13-20(16,17)11-6-4-3-5-10(11)19(12,14)15/h3-6,9,13H,7-8H2,1-2H3,(H2,12,14,15). The van der Waals surface area contributed by atoms with Crippen LogP contribution in [0.15, 0.2) is 34.1 Å². The molecule has 0 bridgehead atoms. The predicted octanol–water partition coefficient (Wildman–Crippen LogP) is -0.105. The predicted molar refractivity (Wildman–Crippen MR) is 74.0 cm³/mol. The van der Waals surface area contributed by atoms with E-state index in [-0.39, 0.29) is 17.4 Å². The van der Waals surface area contributed by atoms with Crippen molar-refractivity contribution in [3.8, 4) is 0 Å². The number of hydrogen-bond donors (Lipinski definition) is 2. The third-order valence-corrected chi connectivity index (χ3v) is 5.10. The molecule has 0 aliphatic rings. The van der Waals surface area contributed by atoms with Crippen molar-refractivity contribution in [1.29, 1.82) is 0 Å². The highest BCUT2D eigenvalue weighted by Crippen LogP contribution is 2.19. The molecular weight excluding hydrogens is 304 g/mol. The Bertz CT molecular complexity index is 655. The second-order valence-electron chi connectivity index (χ2n) is 4.40. The van der Waals surface area contributed by atoms with E-state index in [2.05, 4.69) is 4.72 Å². The Hall–Kier alpha value is -1.00. The molecule has 1 rings (SSSR count). The van der Waals surface area contributed by atoms with Crippen molar-refractivity contribution in [2.75, 3.05) is 20.3 Å². The molecule has 1 unspecified atom stereocenters. The Labute approximate surface area is 119 Å². The SMILES string of the molecule is COCC(C)CNS(=O)(=O)c1ccccc1S(N)(=O)=O.